The smallest absolute Gasteiger partial charge is 0.408 e. The second-order valence-electron chi connectivity index (χ2n) is 8.66. The average Bonchev–Trinajstić information content (AvgIpc) is 3.20. The van der Waals surface area contributed by atoms with Gasteiger partial charge in [0.25, 0.3) is 0 Å². The van der Waals surface area contributed by atoms with Gasteiger partial charge in [0.2, 0.25) is 11.8 Å². The number of aliphatic hydroxyl groups excluding tert-OH is 1. The second kappa shape index (κ2) is 10.9. The van der Waals surface area contributed by atoms with Gasteiger partial charge in [-0.05, 0) is 39.2 Å². The molecule has 0 aliphatic carbocycles. The fourth-order valence-corrected chi connectivity index (χ4v) is 3.45. The monoisotopic (exact) mass is 449 g/mol. The molecule has 3 amide bonds. The van der Waals surface area contributed by atoms with Gasteiger partial charge in [-0.3, -0.25) is 9.59 Å². The normalized spacial score (nSPS) is 17.9. The molecule has 10 heteroatoms. The van der Waals surface area contributed by atoms with Crippen LogP contribution in [-0.4, -0.2) is 75.9 Å². The topological polar surface area (TPSA) is 145 Å². The Hall–Kier alpha value is -3.14. The lowest BCUT2D eigenvalue weighted by Crippen LogP contribution is -2.57. The average molecular weight is 450 g/mol. The molecule has 1 aliphatic heterocycles. The van der Waals surface area contributed by atoms with Crippen molar-refractivity contribution in [3.05, 3.63) is 35.9 Å². The van der Waals surface area contributed by atoms with Crippen LogP contribution in [0, 0.1) is 0 Å². The van der Waals surface area contributed by atoms with E-state index in [1.54, 1.807) is 45.0 Å². The molecule has 2 rings (SSSR count). The molecule has 3 atom stereocenters. The van der Waals surface area contributed by atoms with Gasteiger partial charge >= 0.3 is 12.1 Å². The third kappa shape index (κ3) is 7.23. The molecule has 1 fully saturated rings. The third-order valence-corrected chi connectivity index (χ3v) is 4.91. The molecular weight excluding hydrogens is 418 g/mol. The number of benzene rings is 1. The first-order chi connectivity index (χ1) is 15.0. The SMILES string of the molecule is CC(C)(C)OC(=O)N[C@@H](CO)C(=O)N[C@@H](Cc1ccccc1)C(=O)N1CCC[C@H]1C(=O)O. The molecule has 4 N–H and O–H groups in total. The van der Waals surface area contributed by atoms with E-state index >= 15 is 0 Å². The zero-order valence-corrected chi connectivity index (χ0v) is 18.5. The molecule has 10 nitrogen and oxygen atoms in total. The summed E-state index contributed by atoms with van der Waals surface area (Å²) in [6.07, 6.45) is 0.127. The fourth-order valence-electron chi connectivity index (χ4n) is 3.45. The number of rotatable bonds is 8. The van der Waals surface area contributed by atoms with Gasteiger partial charge in [-0.15, -0.1) is 0 Å². The van der Waals surface area contributed by atoms with Crippen molar-refractivity contribution in [3.8, 4) is 0 Å². The van der Waals surface area contributed by atoms with Crippen LogP contribution < -0.4 is 10.6 Å². The molecule has 1 aliphatic rings. The van der Waals surface area contributed by atoms with Gasteiger partial charge in [0.1, 0.15) is 23.7 Å². The number of likely N-dealkylation sites (tertiary alicyclic amines) is 1. The minimum absolute atomic E-state index is 0.124. The Kier molecular flexibility index (Phi) is 8.59. The van der Waals surface area contributed by atoms with E-state index in [0.29, 0.717) is 12.8 Å². The van der Waals surface area contributed by atoms with Crippen LogP contribution >= 0.6 is 0 Å². The number of carbonyl (C=O) groups excluding carboxylic acids is 3. The maximum Gasteiger partial charge on any atom is 0.408 e. The van der Waals surface area contributed by atoms with Gasteiger partial charge in [-0.1, -0.05) is 30.3 Å². The Morgan fingerprint density at radius 3 is 2.34 bits per heavy atom. The van der Waals surface area contributed by atoms with Gasteiger partial charge in [0.15, 0.2) is 0 Å². The fraction of sp³-hybridized carbons (Fsp3) is 0.545. The van der Waals surface area contributed by atoms with E-state index in [1.165, 1.54) is 4.90 Å². The minimum Gasteiger partial charge on any atom is -0.480 e. The third-order valence-electron chi connectivity index (χ3n) is 4.91. The summed E-state index contributed by atoms with van der Waals surface area (Å²) in [5.41, 5.74) is -0.0357. The highest BCUT2D eigenvalue weighted by Crippen LogP contribution is 2.19. The Morgan fingerprint density at radius 1 is 1.12 bits per heavy atom. The molecular formula is C22H31N3O7. The lowest BCUT2D eigenvalue weighted by atomic mass is 10.0. The molecule has 0 bridgehead atoms. The molecule has 32 heavy (non-hydrogen) atoms. The highest BCUT2D eigenvalue weighted by Gasteiger charge is 2.38. The number of carboxylic acid groups (broad SMARTS) is 1. The first-order valence-electron chi connectivity index (χ1n) is 10.5. The van der Waals surface area contributed by atoms with Gasteiger partial charge in [-0.2, -0.15) is 0 Å². The molecule has 0 unspecified atom stereocenters. The molecule has 0 saturated carbocycles. The van der Waals surface area contributed by atoms with Gasteiger partial charge in [-0.25, -0.2) is 9.59 Å². The summed E-state index contributed by atoms with van der Waals surface area (Å²) in [6, 6.07) is 5.59. The Bertz CT molecular complexity index is 823. The van der Waals surface area contributed by atoms with Crippen molar-refractivity contribution in [2.24, 2.45) is 0 Å². The Labute approximate surface area is 186 Å². The summed E-state index contributed by atoms with van der Waals surface area (Å²) in [4.78, 5) is 50.8. The molecule has 0 aromatic heterocycles. The number of carbonyl (C=O) groups is 4. The van der Waals surface area contributed by atoms with Crippen molar-refractivity contribution in [2.75, 3.05) is 13.2 Å². The standard InChI is InChI=1S/C22H31N3O7/c1-22(2,3)32-21(31)24-16(13-26)18(27)23-15(12-14-8-5-4-6-9-14)19(28)25-11-7-10-17(25)20(29)30/h4-6,8-9,15-17,26H,7,10-13H2,1-3H3,(H,23,27)(H,24,31)(H,29,30)/t15-,16-,17-/m0/s1. The summed E-state index contributed by atoms with van der Waals surface area (Å²) >= 11 is 0. The second-order valence-corrected chi connectivity index (χ2v) is 8.66. The Balaban J connectivity index is 2.17. The number of carboxylic acids is 1. The van der Waals surface area contributed by atoms with Crippen LogP contribution in [0.15, 0.2) is 30.3 Å². The summed E-state index contributed by atoms with van der Waals surface area (Å²) in [6.45, 7) is 4.54. The van der Waals surface area contributed by atoms with E-state index in [9.17, 15) is 29.4 Å². The molecule has 1 aromatic rings. The number of hydrogen-bond donors (Lipinski definition) is 4. The van der Waals surface area contributed by atoms with Crippen molar-refractivity contribution in [3.63, 3.8) is 0 Å². The quantitative estimate of drug-likeness (QED) is 0.456. The number of hydrogen-bond acceptors (Lipinski definition) is 6. The van der Waals surface area contributed by atoms with Crippen LogP contribution in [0.25, 0.3) is 0 Å². The van der Waals surface area contributed by atoms with Crippen LogP contribution in [-0.2, 0) is 25.5 Å². The van der Waals surface area contributed by atoms with Crippen molar-refractivity contribution < 1.29 is 34.1 Å². The summed E-state index contributed by atoms with van der Waals surface area (Å²) < 4.78 is 5.11. The van der Waals surface area contributed by atoms with Crippen LogP contribution in [0.5, 0.6) is 0 Å². The largest absolute Gasteiger partial charge is 0.480 e. The van der Waals surface area contributed by atoms with Crippen molar-refractivity contribution in [1.29, 1.82) is 0 Å². The summed E-state index contributed by atoms with van der Waals surface area (Å²) in [5, 5.41) is 23.9. The van der Waals surface area contributed by atoms with Crippen LogP contribution in [0.1, 0.15) is 39.2 Å². The predicted octanol–water partition coefficient (Wildman–Crippen LogP) is 0.675. The number of aliphatic hydroxyl groups is 1. The van der Waals surface area contributed by atoms with E-state index in [2.05, 4.69) is 10.6 Å². The van der Waals surface area contributed by atoms with Crippen LogP contribution in [0.2, 0.25) is 0 Å². The molecule has 1 aromatic carbocycles. The number of nitrogens with one attached hydrogen (secondary N) is 2. The van der Waals surface area contributed by atoms with Crippen molar-refractivity contribution in [1.82, 2.24) is 15.5 Å². The highest BCUT2D eigenvalue weighted by atomic mass is 16.6. The zero-order valence-electron chi connectivity index (χ0n) is 18.5. The maximum atomic E-state index is 13.2. The van der Waals surface area contributed by atoms with Crippen LogP contribution in [0.4, 0.5) is 4.79 Å². The van der Waals surface area contributed by atoms with Gasteiger partial charge in [0.05, 0.1) is 6.61 Å². The number of aliphatic carboxylic acids is 1. The number of amides is 3. The lowest BCUT2D eigenvalue weighted by Gasteiger charge is -2.29. The minimum atomic E-state index is -1.34. The molecule has 176 valence electrons. The van der Waals surface area contributed by atoms with Crippen molar-refractivity contribution >= 4 is 23.9 Å². The van der Waals surface area contributed by atoms with Crippen molar-refractivity contribution in [2.45, 2.75) is 63.8 Å². The van der Waals surface area contributed by atoms with E-state index in [-0.39, 0.29) is 13.0 Å². The first kappa shape index (κ1) is 25.1. The molecule has 0 radical (unpaired) electrons. The van der Waals surface area contributed by atoms with E-state index in [0.717, 1.165) is 5.56 Å². The van der Waals surface area contributed by atoms with E-state index in [4.69, 9.17) is 4.74 Å². The number of alkyl carbamates (subject to hydrolysis) is 1. The molecule has 1 heterocycles. The molecule has 0 spiro atoms. The number of nitrogens with zero attached hydrogens (tertiary/aromatic N) is 1. The highest BCUT2D eigenvalue weighted by molar-refractivity contribution is 5.93. The first-order valence-corrected chi connectivity index (χ1v) is 10.5. The van der Waals surface area contributed by atoms with Crippen LogP contribution in [0.3, 0.4) is 0 Å². The lowest BCUT2D eigenvalue weighted by molar-refractivity contribution is -0.149. The maximum absolute atomic E-state index is 13.2. The number of ether oxygens (including phenoxy) is 1. The summed E-state index contributed by atoms with van der Waals surface area (Å²) in [7, 11) is 0. The van der Waals surface area contributed by atoms with E-state index < -0.39 is 54.2 Å². The molecule has 1 saturated heterocycles. The van der Waals surface area contributed by atoms with Gasteiger partial charge in [0, 0.05) is 13.0 Å². The predicted molar refractivity (Wildman–Crippen MR) is 115 cm³/mol. The van der Waals surface area contributed by atoms with Gasteiger partial charge < -0.3 is 30.5 Å². The zero-order chi connectivity index (χ0) is 23.9. The summed E-state index contributed by atoms with van der Waals surface area (Å²) in [5.74, 6) is -2.40. The van der Waals surface area contributed by atoms with E-state index in [1.807, 2.05) is 6.07 Å². The Morgan fingerprint density at radius 2 is 1.78 bits per heavy atom.